The van der Waals surface area contributed by atoms with Crippen LogP contribution in [0, 0.1) is 6.92 Å². The van der Waals surface area contributed by atoms with Crippen LogP contribution in [-0.2, 0) is 0 Å². The van der Waals surface area contributed by atoms with Crippen molar-refractivity contribution in [2.45, 2.75) is 26.7 Å². The molecule has 0 fully saturated rings. The maximum atomic E-state index is 5.89. The summed E-state index contributed by atoms with van der Waals surface area (Å²) in [5, 5.41) is 0. The fourth-order valence-corrected chi connectivity index (χ4v) is 1.73. The summed E-state index contributed by atoms with van der Waals surface area (Å²) < 4.78 is 0. The predicted octanol–water partition coefficient (Wildman–Crippen LogP) is 1.45. The first-order valence-corrected chi connectivity index (χ1v) is 4.60. The van der Waals surface area contributed by atoms with Crippen LogP contribution in [0.4, 0.5) is 22.7 Å². The van der Waals surface area contributed by atoms with E-state index >= 15 is 0 Å². The smallest absolute Gasteiger partial charge is 0.0805 e. The molecule has 0 aliphatic carbocycles. The molecular formula is C10H18N4. The number of nitrogens with two attached hydrogens (primary N) is 4. The first kappa shape index (κ1) is 10.5. The molecule has 0 bridgehead atoms. The minimum Gasteiger partial charge on any atom is -0.397 e. The quantitative estimate of drug-likeness (QED) is 0.508. The normalized spacial score (nSPS) is 10.9. The molecule has 1 aromatic carbocycles. The number of nitrogen functional groups attached to an aromatic ring is 4. The minimum absolute atomic E-state index is 0.292. The Hall–Kier alpha value is -1.58. The Morgan fingerprint density at radius 1 is 0.786 bits per heavy atom. The van der Waals surface area contributed by atoms with E-state index in [1.165, 1.54) is 0 Å². The fraction of sp³-hybridized carbons (Fsp3) is 0.400. The number of anilines is 4. The van der Waals surface area contributed by atoms with Crippen molar-refractivity contribution in [1.82, 2.24) is 0 Å². The Morgan fingerprint density at radius 2 is 1.21 bits per heavy atom. The first-order chi connectivity index (χ1) is 6.37. The molecule has 0 spiro atoms. The van der Waals surface area contributed by atoms with Crippen molar-refractivity contribution in [2.24, 2.45) is 0 Å². The summed E-state index contributed by atoms with van der Waals surface area (Å²) in [7, 11) is 0. The molecule has 78 valence electrons. The summed E-state index contributed by atoms with van der Waals surface area (Å²) in [5.41, 5.74) is 27.0. The van der Waals surface area contributed by atoms with E-state index in [1.54, 1.807) is 0 Å². The topological polar surface area (TPSA) is 104 Å². The molecule has 0 aromatic heterocycles. The lowest BCUT2D eigenvalue weighted by molar-refractivity contribution is 0.861. The Morgan fingerprint density at radius 3 is 1.64 bits per heavy atom. The van der Waals surface area contributed by atoms with E-state index in [-0.39, 0.29) is 0 Å². The lowest BCUT2D eigenvalue weighted by Gasteiger charge is -2.19. The van der Waals surface area contributed by atoms with Gasteiger partial charge in [0.1, 0.15) is 0 Å². The van der Waals surface area contributed by atoms with Crippen LogP contribution >= 0.6 is 0 Å². The first-order valence-electron chi connectivity index (χ1n) is 4.60. The van der Waals surface area contributed by atoms with Crippen LogP contribution in [0.15, 0.2) is 0 Å². The average molecular weight is 194 g/mol. The summed E-state index contributed by atoms with van der Waals surface area (Å²) >= 11 is 0. The molecule has 0 aliphatic rings. The molecule has 0 unspecified atom stereocenters. The molecule has 1 aromatic rings. The van der Waals surface area contributed by atoms with E-state index < -0.39 is 0 Å². The van der Waals surface area contributed by atoms with Gasteiger partial charge in [0, 0.05) is 0 Å². The van der Waals surface area contributed by atoms with Crippen LogP contribution in [0.2, 0.25) is 0 Å². The highest BCUT2D eigenvalue weighted by Gasteiger charge is 2.16. The van der Waals surface area contributed by atoms with E-state index in [0.717, 1.165) is 11.1 Å². The van der Waals surface area contributed by atoms with Crippen molar-refractivity contribution >= 4 is 22.7 Å². The third kappa shape index (κ3) is 1.32. The predicted molar refractivity (Wildman–Crippen MR) is 62.9 cm³/mol. The molecule has 14 heavy (non-hydrogen) atoms. The molecule has 0 saturated heterocycles. The van der Waals surface area contributed by atoms with Gasteiger partial charge in [0.05, 0.1) is 22.7 Å². The van der Waals surface area contributed by atoms with E-state index in [9.17, 15) is 0 Å². The third-order valence-electron chi connectivity index (χ3n) is 2.55. The Bertz CT molecular complexity index is 340. The molecule has 1 rings (SSSR count). The lowest BCUT2D eigenvalue weighted by atomic mass is 9.93. The zero-order valence-corrected chi connectivity index (χ0v) is 8.89. The maximum Gasteiger partial charge on any atom is 0.0805 e. The highest BCUT2D eigenvalue weighted by atomic mass is 14.8. The minimum atomic E-state index is 0.292. The summed E-state index contributed by atoms with van der Waals surface area (Å²) in [5.74, 6) is 0.292. The molecule has 4 heteroatoms. The van der Waals surface area contributed by atoms with Crippen LogP contribution < -0.4 is 22.9 Å². The van der Waals surface area contributed by atoms with Gasteiger partial charge in [-0.15, -0.1) is 0 Å². The van der Waals surface area contributed by atoms with Crippen molar-refractivity contribution in [2.75, 3.05) is 22.9 Å². The van der Waals surface area contributed by atoms with Gasteiger partial charge in [0.25, 0.3) is 0 Å². The van der Waals surface area contributed by atoms with Crippen molar-refractivity contribution in [3.8, 4) is 0 Å². The van der Waals surface area contributed by atoms with Gasteiger partial charge in [-0.05, 0) is 24.0 Å². The fourth-order valence-electron chi connectivity index (χ4n) is 1.73. The van der Waals surface area contributed by atoms with Crippen molar-refractivity contribution < 1.29 is 0 Å². The van der Waals surface area contributed by atoms with Crippen LogP contribution in [0.3, 0.4) is 0 Å². The summed E-state index contributed by atoms with van der Waals surface area (Å²) in [4.78, 5) is 0. The van der Waals surface area contributed by atoms with E-state index in [2.05, 4.69) is 0 Å². The zero-order valence-electron chi connectivity index (χ0n) is 8.89. The molecule has 4 nitrogen and oxygen atoms in total. The van der Waals surface area contributed by atoms with Crippen molar-refractivity contribution in [3.05, 3.63) is 11.1 Å². The third-order valence-corrected chi connectivity index (χ3v) is 2.55. The molecule has 0 atom stereocenters. The SMILES string of the molecule is Cc1c(N)c(N)c(N)c(N)c1C(C)C. The highest BCUT2D eigenvalue weighted by molar-refractivity contribution is 5.90. The Labute approximate surface area is 84.3 Å². The van der Waals surface area contributed by atoms with E-state index in [0.29, 0.717) is 28.7 Å². The monoisotopic (exact) mass is 194 g/mol. The second kappa shape index (κ2) is 3.29. The number of benzene rings is 1. The summed E-state index contributed by atoms with van der Waals surface area (Å²) in [6, 6.07) is 0. The molecule has 0 radical (unpaired) electrons. The van der Waals surface area contributed by atoms with Crippen LogP contribution in [0.25, 0.3) is 0 Å². The second-order valence-corrected chi connectivity index (χ2v) is 3.85. The van der Waals surface area contributed by atoms with Gasteiger partial charge in [-0.2, -0.15) is 0 Å². The molecule has 0 saturated carbocycles. The average Bonchev–Trinajstić information content (AvgIpc) is 2.11. The van der Waals surface area contributed by atoms with Gasteiger partial charge in [-0.25, -0.2) is 0 Å². The van der Waals surface area contributed by atoms with Crippen molar-refractivity contribution in [3.63, 3.8) is 0 Å². The number of rotatable bonds is 1. The van der Waals surface area contributed by atoms with Gasteiger partial charge in [-0.1, -0.05) is 13.8 Å². The van der Waals surface area contributed by atoms with Crippen LogP contribution in [-0.4, -0.2) is 0 Å². The van der Waals surface area contributed by atoms with E-state index in [4.69, 9.17) is 22.9 Å². The lowest BCUT2D eigenvalue weighted by Crippen LogP contribution is -2.10. The number of hydrogen-bond donors (Lipinski definition) is 4. The van der Waals surface area contributed by atoms with Crippen LogP contribution in [0.5, 0.6) is 0 Å². The molecule has 8 N–H and O–H groups in total. The maximum absolute atomic E-state index is 5.89. The molecule has 0 aliphatic heterocycles. The molecule has 0 amide bonds. The highest BCUT2D eigenvalue weighted by Crippen LogP contribution is 2.39. The van der Waals surface area contributed by atoms with Gasteiger partial charge in [-0.3, -0.25) is 0 Å². The van der Waals surface area contributed by atoms with Crippen LogP contribution in [0.1, 0.15) is 30.9 Å². The zero-order chi connectivity index (χ0) is 11.0. The molecular weight excluding hydrogens is 176 g/mol. The van der Waals surface area contributed by atoms with Gasteiger partial charge >= 0.3 is 0 Å². The Kier molecular flexibility index (Phi) is 2.47. The number of hydrogen-bond acceptors (Lipinski definition) is 4. The van der Waals surface area contributed by atoms with Crippen molar-refractivity contribution in [1.29, 1.82) is 0 Å². The van der Waals surface area contributed by atoms with Gasteiger partial charge < -0.3 is 22.9 Å². The summed E-state index contributed by atoms with van der Waals surface area (Å²) in [6.45, 7) is 6.01. The van der Waals surface area contributed by atoms with Gasteiger partial charge in [0.2, 0.25) is 0 Å². The van der Waals surface area contributed by atoms with Gasteiger partial charge in [0.15, 0.2) is 0 Å². The Balaban J connectivity index is 3.60. The van der Waals surface area contributed by atoms with E-state index in [1.807, 2.05) is 20.8 Å². The summed E-state index contributed by atoms with van der Waals surface area (Å²) in [6.07, 6.45) is 0. The standard InChI is InChI=1S/C10H18N4/c1-4(2)6-5(3)7(11)9(13)10(14)8(6)12/h4H,11-14H2,1-3H3. The second-order valence-electron chi connectivity index (χ2n) is 3.85. The molecule has 0 heterocycles. The largest absolute Gasteiger partial charge is 0.397 e.